The summed E-state index contributed by atoms with van der Waals surface area (Å²) in [7, 11) is -3.39. The SMILES string of the molecule is CC(C)(C)OC(=O)N1C[C@@H](S(C)(=O)=O)C[C@H]1C(=O)O. The van der Waals surface area contributed by atoms with Gasteiger partial charge in [0.1, 0.15) is 11.6 Å². The maximum Gasteiger partial charge on any atom is 0.411 e. The normalized spacial score (nSPS) is 24.3. The summed E-state index contributed by atoms with van der Waals surface area (Å²) in [5, 5.41) is 8.21. The molecule has 110 valence electrons. The summed E-state index contributed by atoms with van der Waals surface area (Å²) < 4.78 is 28.1. The Morgan fingerprint density at radius 1 is 1.32 bits per heavy atom. The van der Waals surface area contributed by atoms with Gasteiger partial charge in [-0.05, 0) is 27.2 Å². The minimum Gasteiger partial charge on any atom is -0.480 e. The summed E-state index contributed by atoms with van der Waals surface area (Å²) in [5.74, 6) is -1.22. The number of carboxylic acid groups (broad SMARTS) is 1. The summed E-state index contributed by atoms with van der Waals surface area (Å²) in [5.41, 5.74) is -0.761. The summed E-state index contributed by atoms with van der Waals surface area (Å²) in [4.78, 5) is 24.0. The molecule has 7 nitrogen and oxygen atoms in total. The van der Waals surface area contributed by atoms with E-state index in [1.165, 1.54) is 0 Å². The van der Waals surface area contributed by atoms with Crippen molar-refractivity contribution in [3.63, 3.8) is 0 Å². The number of sulfone groups is 1. The van der Waals surface area contributed by atoms with Crippen LogP contribution in [-0.4, -0.2) is 60.2 Å². The molecule has 0 saturated carbocycles. The molecule has 0 bridgehead atoms. The molecule has 0 aromatic rings. The summed E-state index contributed by atoms with van der Waals surface area (Å²) in [6, 6.07) is -1.16. The minimum absolute atomic E-state index is 0.104. The van der Waals surface area contributed by atoms with Gasteiger partial charge in [0.15, 0.2) is 9.84 Å². The third-order valence-electron chi connectivity index (χ3n) is 2.78. The van der Waals surface area contributed by atoms with Crippen LogP contribution in [0, 0.1) is 0 Å². The lowest BCUT2D eigenvalue weighted by Crippen LogP contribution is -2.43. The van der Waals surface area contributed by atoms with Gasteiger partial charge in [0, 0.05) is 12.8 Å². The number of ether oxygens (including phenoxy) is 1. The van der Waals surface area contributed by atoms with Gasteiger partial charge in [-0.2, -0.15) is 0 Å². The maximum absolute atomic E-state index is 11.9. The van der Waals surface area contributed by atoms with E-state index in [1.807, 2.05) is 0 Å². The molecule has 1 saturated heterocycles. The van der Waals surface area contributed by atoms with E-state index in [9.17, 15) is 18.0 Å². The Morgan fingerprint density at radius 3 is 2.21 bits per heavy atom. The van der Waals surface area contributed by atoms with Crippen LogP contribution >= 0.6 is 0 Å². The Morgan fingerprint density at radius 2 is 1.84 bits per heavy atom. The van der Waals surface area contributed by atoms with Crippen LogP contribution in [0.1, 0.15) is 27.2 Å². The molecule has 0 aliphatic carbocycles. The smallest absolute Gasteiger partial charge is 0.411 e. The van der Waals surface area contributed by atoms with Crippen molar-refractivity contribution in [3.8, 4) is 0 Å². The van der Waals surface area contributed by atoms with Crippen molar-refractivity contribution < 1.29 is 27.9 Å². The number of aliphatic carboxylic acids is 1. The molecule has 1 rings (SSSR count). The van der Waals surface area contributed by atoms with Gasteiger partial charge in [0.05, 0.1) is 5.25 Å². The van der Waals surface area contributed by atoms with Gasteiger partial charge >= 0.3 is 12.1 Å². The molecule has 0 aromatic carbocycles. The van der Waals surface area contributed by atoms with Crippen molar-refractivity contribution in [3.05, 3.63) is 0 Å². The highest BCUT2D eigenvalue weighted by atomic mass is 32.2. The second-order valence-corrected chi connectivity index (χ2v) is 8.00. The highest BCUT2D eigenvalue weighted by Gasteiger charge is 2.45. The van der Waals surface area contributed by atoms with Crippen LogP contribution in [0.4, 0.5) is 4.79 Å². The standard InChI is InChI=1S/C11H19NO6S/c1-11(2,3)18-10(15)12-6-7(19(4,16)17)5-8(12)9(13)14/h7-8H,5-6H2,1-4H3,(H,13,14)/t7-,8-/m0/s1. The van der Waals surface area contributed by atoms with Crippen molar-refractivity contribution in [2.24, 2.45) is 0 Å². The molecule has 1 amide bonds. The number of likely N-dealkylation sites (tertiary alicyclic amines) is 1. The zero-order chi connectivity index (χ0) is 15.0. The molecule has 0 unspecified atom stereocenters. The fourth-order valence-corrected chi connectivity index (χ4v) is 2.83. The first-order chi connectivity index (χ1) is 8.42. The van der Waals surface area contributed by atoms with Crippen LogP contribution in [0.3, 0.4) is 0 Å². The monoisotopic (exact) mass is 293 g/mol. The van der Waals surface area contributed by atoms with Crippen LogP contribution in [0.5, 0.6) is 0 Å². The highest BCUT2D eigenvalue weighted by molar-refractivity contribution is 7.91. The number of carboxylic acids is 1. The zero-order valence-electron chi connectivity index (χ0n) is 11.4. The van der Waals surface area contributed by atoms with Gasteiger partial charge in [-0.3, -0.25) is 4.90 Å². The highest BCUT2D eigenvalue weighted by Crippen LogP contribution is 2.25. The maximum atomic E-state index is 11.9. The van der Waals surface area contributed by atoms with E-state index in [-0.39, 0.29) is 13.0 Å². The molecule has 19 heavy (non-hydrogen) atoms. The first kappa shape index (κ1) is 15.7. The lowest BCUT2D eigenvalue weighted by atomic mass is 10.2. The molecule has 0 spiro atoms. The minimum atomic E-state index is -3.39. The fourth-order valence-electron chi connectivity index (χ4n) is 1.86. The van der Waals surface area contributed by atoms with Gasteiger partial charge < -0.3 is 9.84 Å². The van der Waals surface area contributed by atoms with Crippen LogP contribution < -0.4 is 0 Å². The molecular formula is C11H19NO6S. The summed E-state index contributed by atoms with van der Waals surface area (Å²) in [6.45, 7) is 4.82. The molecule has 1 aliphatic rings. The van der Waals surface area contributed by atoms with E-state index in [4.69, 9.17) is 9.84 Å². The third-order valence-corrected chi connectivity index (χ3v) is 4.33. The Kier molecular flexibility index (Phi) is 4.14. The molecule has 0 aromatic heterocycles. The number of rotatable bonds is 2. The first-order valence-corrected chi connectivity index (χ1v) is 7.78. The molecule has 8 heteroatoms. The number of hydrogen-bond acceptors (Lipinski definition) is 5. The number of amides is 1. The van der Waals surface area contributed by atoms with Gasteiger partial charge in [-0.15, -0.1) is 0 Å². The Balaban J connectivity index is 2.92. The number of carbonyl (C=O) groups is 2. The van der Waals surface area contributed by atoms with Crippen molar-refractivity contribution >= 4 is 21.9 Å². The van der Waals surface area contributed by atoms with Crippen LogP contribution in [0.2, 0.25) is 0 Å². The number of hydrogen-bond donors (Lipinski definition) is 1. The van der Waals surface area contributed by atoms with Crippen LogP contribution in [-0.2, 0) is 19.4 Å². The zero-order valence-corrected chi connectivity index (χ0v) is 12.2. The average molecular weight is 293 g/mol. The fraction of sp³-hybridized carbons (Fsp3) is 0.818. The molecule has 2 atom stereocenters. The lowest BCUT2D eigenvalue weighted by molar-refractivity contribution is -0.142. The molecule has 1 N–H and O–H groups in total. The third kappa shape index (κ3) is 4.09. The quantitative estimate of drug-likeness (QED) is 0.795. The second kappa shape index (κ2) is 4.99. The van der Waals surface area contributed by atoms with E-state index in [2.05, 4.69) is 0 Å². The molecule has 1 aliphatic heterocycles. The van der Waals surface area contributed by atoms with Gasteiger partial charge in [0.25, 0.3) is 0 Å². The predicted octanol–water partition coefficient (Wildman–Crippen LogP) is 0.494. The largest absolute Gasteiger partial charge is 0.480 e. The van der Waals surface area contributed by atoms with E-state index in [0.29, 0.717) is 0 Å². The number of nitrogens with zero attached hydrogens (tertiary/aromatic N) is 1. The predicted molar refractivity (Wildman–Crippen MR) is 67.6 cm³/mol. The molecule has 1 heterocycles. The Labute approximate surface area is 112 Å². The lowest BCUT2D eigenvalue weighted by Gasteiger charge is -2.26. The van der Waals surface area contributed by atoms with Crippen LogP contribution in [0.15, 0.2) is 0 Å². The van der Waals surface area contributed by atoms with Crippen LogP contribution in [0.25, 0.3) is 0 Å². The summed E-state index contributed by atoms with van der Waals surface area (Å²) >= 11 is 0. The van der Waals surface area contributed by atoms with Gasteiger partial charge in [0.2, 0.25) is 0 Å². The van der Waals surface area contributed by atoms with E-state index in [1.54, 1.807) is 20.8 Å². The van der Waals surface area contributed by atoms with Crippen molar-refractivity contribution in [2.75, 3.05) is 12.8 Å². The van der Waals surface area contributed by atoms with Crippen molar-refractivity contribution in [1.29, 1.82) is 0 Å². The molecule has 0 radical (unpaired) electrons. The number of carbonyl (C=O) groups excluding carboxylic acids is 1. The van der Waals surface area contributed by atoms with E-state index < -0.39 is 38.8 Å². The topological polar surface area (TPSA) is 101 Å². The molecular weight excluding hydrogens is 274 g/mol. The van der Waals surface area contributed by atoms with Crippen molar-refractivity contribution in [1.82, 2.24) is 4.90 Å². The van der Waals surface area contributed by atoms with E-state index in [0.717, 1.165) is 11.2 Å². The summed E-state index contributed by atoms with van der Waals surface area (Å²) in [6.07, 6.45) is 0.133. The Hall–Kier alpha value is -1.31. The van der Waals surface area contributed by atoms with Gasteiger partial charge in [-0.1, -0.05) is 0 Å². The first-order valence-electron chi connectivity index (χ1n) is 5.83. The Bertz CT molecular complexity index is 478. The average Bonchev–Trinajstić information content (AvgIpc) is 2.57. The van der Waals surface area contributed by atoms with E-state index >= 15 is 0 Å². The van der Waals surface area contributed by atoms with Crippen molar-refractivity contribution in [2.45, 2.75) is 44.1 Å². The molecule has 1 fully saturated rings. The van der Waals surface area contributed by atoms with Gasteiger partial charge in [-0.25, -0.2) is 18.0 Å². The second-order valence-electron chi connectivity index (χ2n) is 5.67.